The summed E-state index contributed by atoms with van der Waals surface area (Å²) in [6.45, 7) is 4.23. The van der Waals surface area contributed by atoms with Crippen LogP contribution in [0.5, 0.6) is 0 Å². The van der Waals surface area contributed by atoms with Crippen LogP contribution in [0.2, 0.25) is 5.02 Å². The standard InChI is InChI=1S/C15H18ClNO2/c1-11-4-3-9-17(10-11)14-6-2-5-13(16)12(14)7-8-15(18)19/h2,5-8,11H,3-4,9-10H2,1H3,(H,18,19)/b8-7+. The van der Waals surface area contributed by atoms with Gasteiger partial charge in [-0.25, -0.2) is 4.79 Å². The van der Waals surface area contributed by atoms with E-state index in [-0.39, 0.29) is 0 Å². The minimum absolute atomic E-state index is 0.591. The lowest BCUT2D eigenvalue weighted by Gasteiger charge is -2.34. The van der Waals surface area contributed by atoms with E-state index >= 15 is 0 Å². The minimum atomic E-state index is -0.960. The maximum Gasteiger partial charge on any atom is 0.328 e. The Bertz CT molecular complexity index is 499. The van der Waals surface area contributed by atoms with Crippen LogP contribution < -0.4 is 4.90 Å². The monoisotopic (exact) mass is 279 g/mol. The molecule has 1 aliphatic heterocycles. The Labute approximate surface area is 118 Å². The van der Waals surface area contributed by atoms with Crippen molar-refractivity contribution in [3.8, 4) is 0 Å². The highest BCUT2D eigenvalue weighted by molar-refractivity contribution is 6.32. The molecule has 0 amide bonds. The van der Waals surface area contributed by atoms with Crippen molar-refractivity contribution < 1.29 is 9.90 Å². The van der Waals surface area contributed by atoms with E-state index in [2.05, 4.69) is 11.8 Å². The topological polar surface area (TPSA) is 40.5 Å². The lowest BCUT2D eigenvalue weighted by atomic mass is 9.98. The first-order valence-corrected chi connectivity index (χ1v) is 6.90. The number of hydrogen-bond donors (Lipinski definition) is 1. The average Bonchev–Trinajstić information content (AvgIpc) is 2.37. The van der Waals surface area contributed by atoms with E-state index in [0.717, 1.165) is 36.8 Å². The van der Waals surface area contributed by atoms with E-state index in [1.165, 1.54) is 6.42 Å². The van der Waals surface area contributed by atoms with Gasteiger partial charge in [-0.3, -0.25) is 0 Å². The second-order valence-corrected chi connectivity index (χ2v) is 5.44. The number of piperidine rings is 1. The Kier molecular flexibility index (Phi) is 4.48. The van der Waals surface area contributed by atoms with Gasteiger partial charge in [-0.1, -0.05) is 24.6 Å². The minimum Gasteiger partial charge on any atom is -0.478 e. The van der Waals surface area contributed by atoms with E-state index in [0.29, 0.717) is 10.9 Å². The number of halogens is 1. The van der Waals surface area contributed by atoms with Gasteiger partial charge in [0.25, 0.3) is 0 Å². The summed E-state index contributed by atoms with van der Waals surface area (Å²) in [7, 11) is 0. The van der Waals surface area contributed by atoms with E-state index in [1.54, 1.807) is 12.1 Å². The summed E-state index contributed by atoms with van der Waals surface area (Å²) >= 11 is 6.20. The number of aliphatic carboxylic acids is 1. The predicted molar refractivity (Wildman–Crippen MR) is 78.7 cm³/mol. The normalized spacial score (nSPS) is 19.9. The molecule has 0 aliphatic carbocycles. The van der Waals surface area contributed by atoms with Gasteiger partial charge in [0, 0.05) is 35.4 Å². The number of carboxylic acid groups (broad SMARTS) is 1. The second kappa shape index (κ2) is 6.11. The first-order chi connectivity index (χ1) is 9.08. The first kappa shape index (κ1) is 13.9. The van der Waals surface area contributed by atoms with Crippen molar-refractivity contribution in [3.63, 3.8) is 0 Å². The van der Waals surface area contributed by atoms with Crippen molar-refractivity contribution in [3.05, 3.63) is 34.9 Å². The number of nitrogens with zero attached hydrogens (tertiary/aromatic N) is 1. The smallest absolute Gasteiger partial charge is 0.328 e. The van der Waals surface area contributed by atoms with Gasteiger partial charge >= 0.3 is 5.97 Å². The number of anilines is 1. The number of carboxylic acids is 1. The summed E-state index contributed by atoms with van der Waals surface area (Å²) in [5.41, 5.74) is 1.82. The van der Waals surface area contributed by atoms with Crippen molar-refractivity contribution in [2.24, 2.45) is 5.92 Å². The molecule has 0 radical (unpaired) electrons. The summed E-state index contributed by atoms with van der Waals surface area (Å²) in [5, 5.41) is 9.36. The van der Waals surface area contributed by atoms with Gasteiger partial charge in [-0.15, -0.1) is 0 Å². The highest BCUT2D eigenvalue weighted by Gasteiger charge is 2.19. The van der Waals surface area contributed by atoms with Crippen LogP contribution in [0.25, 0.3) is 6.08 Å². The van der Waals surface area contributed by atoms with Gasteiger partial charge in [0.15, 0.2) is 0 Å². The molecule has 1 atom stereocenters. The maximum absolute atomic E-state index is 10.7. The molecule has 1 N–H and O–H groups in total. The maximum atomic E-state index is 10.7. The van der Waals surface area contributed by atoms with Crippen LogP contribution >= 0.6 is 11.6 Å². The molecule has 1 aromatic carbocycles. The number of rotatable bonds is 3. The fourth-order valence-electron chi connectivity index (χ4n) is 2.53. The molecule has 1 fully saturated rings. The third-order valence-corrected chi connectivity index (χ3v) is 3.75. The van der Waals surface area contributed by atoms with Gasteiger partial charge < -0.3 is 10.0 Å². The fourth-order valence-corrected chi connectivity index (χ4v) is 2.76. The molecule has 3 nitrogen and oxygen atoms in total. The second-order valence-electron chi connectivity index (χ2n) is 5.04. The van der Waals surface area contributed by atoms with Crippen molar-refractivity contribution in [2.75, 3.05) is 18.0 Å². The highest BCUT2D eigenvalue weighted by atomic mass is 35.5. The Morgan fingerprint density at radius 2 is 2.32 bits per heavy atom. The zero-order chi connectivity index (χ0) is 13.8. The van der Waals surface area contributed by atoms with Gasteiger partial charge in [-0.2, -0.15) is 0 Å². The SMILES string of the molecule is CC1CCCN(c2cccc(Cl)c2/C=C/C(=O)O)C1. The molecule has 0 spiro atoms. The van der Waals surface area contributed by atoms with E-state index < -0.39 is 5.97 Å². The zero-order valence-electron chi connectivity index (χ0n) is 11.0. The molecule has 102 valence electrons. The molecule has 1 saturated heterocycles. The highest BCUT2D eigenvalue weighted by Crippen LogP contribution is 2.31. The predicted octanol–water partition coefficient (Wildman–Crippen LogP) is 3.67. The summed E-state index contributed by atoms with van der Waals surface area (Å²) < 4.78 is 0. The Morgan fingerprint density at radius 3 is 3.00 bits per heavy atom. The lowest BCUT2D eigenvalue weighted by Crippen LogP contribution is -2.34. The third-order valence-electron chi connectivity index (χ3n) is 3.42. The fraction of sp³-hybridized carbons (Fsp3) is 0.400. The van der Waals surface area contributed by atoms with Crippen LogP contribution in [0.3, 0.4) is 0 Å². The number of carbonyl (C=O) groups is 1. The summed E-state index contributed by atoms with van der Waals surface area (Å²) in [4.78, 5) is 13.0. The summed E-state index contributed by atoms with van der Waals surface area (Å²) in [6.07, 6.45) is 5.13. The molecule has 2 rings (SSSR count). The van der Waals surface area contributed by atoms with Crippen molar-refractivity contribution >= 4 is 29.3 Å². The van der Waals surface area contributed by atoms with Crippen molar-refractivity contribution in [1.82, 2.24) is 0 Å². The van der Waals surface area contributed by atoms with E-state index in [1.807, 2.05) is 12.1 Å². The van der Waals surface area contributed by atoms with Gasteiger partial charge in [0.05, 0.1) is 0 Å². The molecular weight excluding hydrogens is 262 g/mol. The lowest BCUT2D eigenvalue weighted by molar-refractivity contribution is -0.131. The van der Waals surface area contributed by atoms with Crippen LogP contribution in [0.15, 0.2) is 24.3 Å². The largest absolute Gasteiger partial charge is 0.478 e. The molecule has 0 aromatic heterocycles. The average molecular weight is 280 g/mol. The molecule has 19 heavy (non-hydrogen) atoms. The summed E-state index contributed by atoms with van der Waals surface area (Å²) in [6, 6.07) is 5.71. The molecule has 0 bridgehead atoms. The molecule has 1 aliphatic rings. The Balaban J connectivity index is 2.33. The van der Waals surface area contributed by atoms with Crippen LogP contribution in [0, 0.1) is 5.92 Å². The quantitative estimate of drug-likeness (QED) is 0.858. The van der Waals surface area contributed by atoms with Crippen LogP contribution in [0.4, 0.5) is 5.69 Å². The first-order valence-electron chi connectivity index (χ1n) is 6.52. The number of hydrogen-bond acceptors (Lipinski definition) is 2. The summed E-state index contributed by atoms with van der Waals surface area (Å²) in [5.74, 6) is -0.304. The van der Waals surface area contributed by atoms with Crippen LogP contribution in [-0.4, -0.2) is 24.2 Å². The van der Waals surface area contributed by atoms with E-state index in [9.17, 15) is 4.79 Å². The third kappa shape index (κ3) is 3.51. The van der Waals surface area contributed by atoms with Crippen molar-refractivity contribution in [1.29, 1.82) is 0 Å². The van der Waals surface area contributed by atoms with E-state index in [4.69, 9.17) is 16.7 Å². The molecule has 0 saturated carbocycles. The van der Waals surface area contributed by atoms with Crippen molar-refractivity contribution in [2.45, 2.75) is 19.8 Å². The zero-order valence-corrected chi connectivity index (χ0v) is 11.7. The van der Waals surface area contributed by atoms with Crippen LogP contribution in [-0.2, 0) is 4.79 Å². The van der Waals surface area contributed by atoms with Crippen LogP contribution in [0.1, 0.15) is 25.3 Å². The Hall–Kier alpha value is -1.48. The van der Waals surface area contributed by atoms with Gasteiger partial charge in [-0.05, 0) is 37.0 Å². The molecule has 1 aromatic rings. The Morgan fingerprint density at radius 1 is 1.53 bits per heavy atom. The molecular formula is C15H18ClNO2. The molecule has 1 unspecified atom stereocenters. The molecule has 1 heterocycles. The van der Waals surface area contributed by atoms with Gasteiger partial charge in [0.2, 0.25) is 0 Å². The number of benzene rings is 1. The van der Waals surface area contributed by atoms with Gasteiger partial charge in [0.1, 0.15) is 0 Å². The molecule has 4 heteroatoms.